The highest BCUT2D eigenvalue weighted by molar-refractivity contribution is 5.41. The van der Waals surface area contributed by atoms with Gasteiger partial charge in [-0.3, -0.25) is 10.7 Å². The van der Waals surface area contributed by atoms with E-state index in [-0.39, 0.29) is 18.2 Å². The number of nitrogens with one attached hydrogen (secondary N) is 3. The maximum Gasteiger partial charge on any atom is 0.128 e. The van der Waals surface area contributed by atoms with Crippen molar-refractivity contribution in [2.24, 2.45) is 11.7 Å². The number of imidazole rings is 1. The Labute approximate surface area is 159 Å². The molecule has 27 heavy (non-hydrogen) atoms. The molecule has 0 radical (unpaired) electrons. The number of hydrogen-bond acceptors (Lipinski definition) is 7. The first kappa shape index (κ1) is 17.1. The lowest BCUT2D eigenvalue weighted by Crippen LogP contribution is -2.47. The van der Waals surface area contributed by atoms with Gasteiger partial charge in [0, 0.05) is 50.0 Å². The molecule has 5 atom stereocenters. The van der Waals surface area contributed by atoms with E-state index < -0.39 is 0 Å². The van der Waals surface area contributed by atoms with E-state index in [1.165, 1.54) is 0 Å². The number of rotatable bonds is 3. The standard InChI is InChI=1S/C19H28N8/c20-13-3-2-7-26(11-13)17-5-1-4-15(23-17)19-14-9-18(27-8-6-21-12-27)22-10-16(14)24-25-19/h1,4-6,8,12-14,16,18-19,22,24-25H,2-3,7,9-11,20H2/t13-,14?,16?,18?,19?/m1/s1. The van der Waals surface area contributed by atoms with Gasteiger partial charge in [-0.2, -0.15) is 0 Å². The van der Waals surface area contributed by atoms with Crippen LogP contribution in [0, 0.1) is 5.92 Å². The van der Waals surface area contributed by atoms with Crippen molar-refractivity contribution >= 4 is 5.82 Å². The Balaban J connectivity index is 1.35. The number of hydrogen-bond donors (Lipinski definition) is 4. The van der Waals surface area contributed by atoms with Crippen molar-refractivity contribution in [2.45, 2.75) is 43.6 Å². The maximum absolute atomic E-state index is 6.17. The van der Waals surface area contributed by atoms with Crippen LogP contribution in [0.3, 0.4) is 0 Å². The molecule has 4 unspecified atom stereocenters. The zero-order valence-electron chi connectivity index (χ0n) is 15.5. The molecule has 3 aliphatic heterocycles. The molecule has 2 aromatic heterocycles. The minimum atomic E-state index is 0.210. The predicted octanol–water partition coefficient (Wildman–Crippen LogP) is 0.531. The van der Waals surface area contributed by atoms with Crippen LogP contribution in [0.5, 0.6) is 0 Å². The first-order chi connectivity index (χ1) is 13.3. The molecular weight excluding hydrogens is 340 g/mol. The monoisotopic (exact) mass is 368 g/mol. The van der Waals surface area contributed by atoms with Gasteiger partial charge in [-0.25, -0.2) is 15.4 Å². The van der Waals surface area contributed by atoms with Crippen molar-refractivity contribution in [3.63, 3.8) is 0 Å². The Morgan fingerprint density at radius 1 is 1.22 bits per heavy atom. The molecule has 3 aliphatic rings. The maximum atomic E-state index is 6.17. The second kappa shape index (κ2) is 7.20. The zero-order valence-corrected chi connectivity index (χ0v) is 15.5. The van der Waals surface area contributed by atoms with Crippen molar-refractivity contribution in [1.29, 1.82) is 0 Å². The zero-order chi connectivity index (χ0) is 18.2. The van der Waals surface area contributed by atoms with Crippen LogP contribution >= 0.6 is 0 Å². The predicted molar refractivity (Wildman–Crippen MR) is 104 cm³/mol. The molecule has 5 N–H and O–H groups in total. The summed E-state index contributed by atoms with van der Waals surface area (Å²) in [6.45, 7) is 2.86. The summed E-state index contributed by atoms with van der Waals surface area (Å²) >= 11 is 0. The van der Waals surface area contributed by atoms with Crippen molar-refractivity contribution in [1.82, 2.24) is 30.7 Å². The molecule has 0 bridgehead atoms. The summed E-state index contributed by atoms with van der Waals surface area (Å²) in [6, 6.07) is 7.24. The fourth-order valence-corrected chi connectivity index (χ4v) is 4.73. The van der Waals surface area contributed by atoms with Gasteiger partial charge in [0.15, 0.2) is 0 Å². The highest BCUT2D eigenvalue weighted by Crippen LogP contribution is 2.36. The van der Waals surface area contributed by atoms with Crippen molar-refractivity contribution in [3.05, 3.63) is 42.6 Å². The lowest BCUT2D eigenvalue weighted by molar-refractivity contribution is 0.216. The molecule has 5 heterocycles. The van der Waals surface area contributed by atoms with Crippen LogP contribution in [0.1, 0.15) is 37.2 Å². The first-order valence-corrected chi connectivity index (χ1v) is 9.97. The lowest BCUT2D eigenvalue weighted by Gasteiger charge is -2.35. The normalized spacial score (nSPS) is 33.8. The van der Waals surface area contributed by atoms with Crippen LogP contribution in [0.4, 0.5) is 5.82 Å². The number of nitrogens with zero attached hydrogens (tertiary/aromatic N) is 4. The lowest BCUT2D eigenvalue weighted by atomic mass is 9.85. The largest absolute Gasteiger partial charge is 0.355 e. The molecule has 2 aromatic rings. The highest BCUT2D eigenvalue weighted by atomic mass is 15.4. The number of pyridine rings is 1. The number of aromatic nitrogens is 3. The van der Waals surface area contributed by atoms with Gasteiger partial charge >= 0.3 is 0 Å². The van der Waals surface area contributed by atoms with Crippen molar-refractivity contribution in [2.75, 3.05) is 24.5 Å². The molecule has 8 heteroatoms. The third-order valence-electron chi connectivity index (χ3n) is 6.18. The van der Waals surface area contributed by atoms with E-state index in [0.29, 0.717) is 12.0 Å². The van der Waals surface area contributed by atoms with E-state index in [1.54, 1.807) is 0 Å². The molecule has 0 aliphatic carbocycles. The Morgan fingerprint density at radius 3 is 3.04 bits per heavy atom. The van der Waals surface area contributed by atoms with Crippen LogP contribution < -0.4 is 26.8 Å². The van der Waals surface area contributed by atoms with Gasteiger partial charge < -0.3 is 15.2 Å². The van der Waals surface area contributed by atoms with Gasteiger partial charge in [-0.05, 0) is 31.4 Å². The van der Waals surface area contributed by atoms with Crippen LogP contribution in [-0.4, -0.2) is 46.3 Å². The molecule has 0 spiro atoms. The van der Waals surface area contributed by atoms with Crippen molar-refractivity contribution < 1.29 is 0 Å². The molecule has 0 amide bonds. The quantitative estimate of drug-likeness (QED) is 0.628. The second-order valence-corrected chi connectivity index (χ2v) is 7.98. The second-order valence-electron chi connectivity index (χ2n) is 7.98. The summed E-state index contributed by atoms with van der Waals surface area (Å²) in [4.78, 5) is 11.5. The van der Waals surface area contributed by atoms with Crippen molar-refractivity contribution in [3.8, 4) is 0 Å². The Bertz CT molecular complexity index is 763. The summed E-state index contributed by atoms with van der Waals surface area (Å²) in [6.07, 6.45) is 9.32. The Morgan fingerprint density at radius 2 is 2.19 bits per heavy atom. The molecule has 144 valence electrons. The topological polar surface area (TPSA) is 96.1 Å². The first-order valence-electron chi connectivity index (χ1n) is 9.97. The number of hydrazine groups is 1. The fourth-order valence-electron chi connectivity index (χ4n) is 4.73. The Hall–Kier alpha value is -2.00. The molecule has 0 saturated carbocycles. The van der Waals surface area contributed by atoms with Crippen LogP contribution in [0.2, 0.25) is 0 Å². The van der Waals surface area contributed by atoms with Gasteiger partial charge in [-0.15, -0.1) is 0 Å². The summed E-state index contributed by atoms with van der Waals surface area (Å²) in [5.74, 6) is 1.53. The molecule has 8 nitrogen and oxygen atoms in total. The number of piperidine rings is 2. The van der Waals surface area contributed by atoms with Gasteiger partial charge in [0.1, 0.15) is 5.82 Å². The smallest absolute Gasteiger partial charge is 0.128 e. The minimum absolute atomic E-state index is 0.210. The minimum Gasteiger partial charge on any atom is -0.355 e. The summed E-state index contributed by atoms with van der Waals surface area (Å²) in [7, 11) is 0. The third kappa shape index (κ3) is 3.34. The van der Waals surface area contributed by atoms with Crippen LogP contribution in [0.15, 0.2) is 36.9 Å². The van der Waals surface area contributed by atoms with Crippen LogP contribution in [-0.2, 0) is 0 Å². The summed E-state index contributed by atoms with van der Waals surface area (Å²) < 4.78 is 2.16. The van der Waals surface area contributed by atoms with Gasteiger partial charge in [0.2, 0.25) is 0 Å². The number of nitrogens with two attached hydrogens (primary N) is 1. The van der Waals surface area contributed by atoms with E-state index in [1.807, 2.05) is 18.7 Å². The van der Waals surface area contributed by atoms with Gasteiger partial charge in [0.05, 0.1) is 24.2 Å². The molecule has 3 fully saturated rings. The highest BCUT2D eigenvalue weighted by Gasteiger charge is 2.42. The van der Waals surface area contributed by atoms with E-state index in [0.717, 1.165) is 50.4 Å². The fraction of sp³-hybridized carbons (Fsp3) is 0.579. The van der Waals surface area contributed by atoms with Crippen LogP contribution in [0.25, 0.3) is 0 Å². The molecular formula is C19H28N8. The molecule has 0 aromatic carbocycles. The SMILES string of the molecule is N[C@@H]1CCCN(c2cccc(C3NNC4CNC(n5ccnc5)CC43)n2)C1. The van der Waals surface area contributed by atoms with E-state index in [9.17, 15) is 0 Å². The molecule has 5 rings (SSSR count). The number of fused-ring (bicyclic) bond motifs is 1. The van der Waals surface area contributed by atoms with E-state index in [2.05, 4.69) is 48.8 Å². The summed E-state index contributed by atoms with van der Waals surface area (Å²) in [5.41, 5.74) is 14.2. The van der Waals surface area contributed by atoms with Gasteiger partial charge in [0.25, 0.3) is 0 Å². The summed E-state index contributed by atoms with van der Waals surface area (Å²) in [5, 5.41) is 3.61. The average molecular weight is 368 g/mol. The van der Waals surface area contributed by atoms with Gasteiger partial charge in [-0.1, -0.05) is 6.07 Å². The number of anilines is 1. The third-order valence-corrected chi connectivity index (χ3v) is 6.18. The average Bonchev–Trinajstić information content (AvgIpc) is 3.37. The van der Waals surface area contributed by atoms with E-state index >= 15 is 0 Å². The van der Waals surface area contributed by atoms with E-state index in [4.69, 9.17) is 10.7 Å². The molecule has 3 saturated heterocycles. The Kier molecular flexibility index (Phi) is 4.56.